The van der Waals surface area contributed by atoms with E-state index in [4.69, 9.17) is 36.1 Å². The topological polar surface area (TPSA) is 183 Å². The Labute approximate surface area is 300 Å². The Kier molecular flexibility index (Phi) is 15.0. The highest BCUT2D eigenvalue weighted by Crippen LogP contribution is 2.69. The smallest absolute Gasteiger partial charge is 0.307 e. The van der Waals surface area contributed by atoms with Crippen molar-refractivity contribution in [2.45, 2.75) is 149 Å². The van der Waals surface area contributed by atoms with Crippen molar-refractivity contribution in [3.8, 4) is 0 Å². The molecular formula is C39H67N3O8. The second kappa shape index (κ2) is 18.5. The van der Waals surface area contributed by atoms with E-state index < -0.39 is 0 Å². The second-order valence-electron chi connectivity index (χ2n) is 16.3. The molecule has 0 bridgehead atoms. The fraction of sp³-hybridized carbons (Fsp3) is 0.897. The van der Waals surface area contributed by atoms with E-state index in [1.807, 2.05) is 0 Å². The number of carbonyl (C=O) groups is 4. The third kappa shape index (κ3) is 9.21. The molecule has 0 aromatic rings. The van der Waals surface area contributed by atoms with Crippen LogP contribution >= 0.6 is 0 Å². The molecule has 0 aliphatic heterocycles. The number of fused-ring (bicyclic) bond motifs is 5. The van der Waals surface area contributed by atoms with Gasteiger partial charge in [-0.2, -0.15) is 0 Å². The second-order valence-corrected chi connectivity index (χ2v) is 16.3. The first-order valence-corrected chi connectivity index (χ1v) is 19.8. The highest BCUT2D eigenvalue weighted by molar-refractivity contribution is 5.71. The van der Waals surface area contributed by atoms with E-state index in [1.165, 1.54) is 0 Å². The Balaban J connectivity index is 1.61. The van der Waals surface area contributed by atoms with Crippen LogP contribution in [0.3, 0.4) is 0 Å². The average Bonchev–Trinajstić information content (AvgIpc) is 3.43. The molecule has 0 amide bonds. The van der Waals surface area contributed by atoms with Gasteiger partial charge in [0.05, 0.1) is 25.9 Å². The average molecular weight is 706 g/mol. The third-order valence-electron chi connectivity index (χ3n) is 13.4. The normalized spacial score (nSPS) is 35.2. The van der Waals surface area contributed by atoms with Gasteiger partial charge < -0.3 is 36.1 Å². The van der Waals surface area contributed by atoms with Crippen LogP contribution in [0.5, 0.6) is 0 Å². The summed E-state index contributed by atoms with van der Waals surface area (Å²) in [6.07, 6.45) is 10.6. The van der Waals surface area contributed by atoms with Crippen molar-refractivity contribution in [1.29, 1.82) is 0 Å². The molecule has 4 aliphatic carbocycles. The Hall–Kier alpha value is -2.24. The molecular weight excluding hydrogens is 638 g/mol. The van der Waals surface area contributed by atoms with Crippen molar-refractivity contribution in [2.75, 3.05) is 26.2 Å². The van der Waals surface area contributed by atoms with E-state index in [2.05, 4.69) is 27.7 Å². The number of unbranched alkanes of at least 4 members (excludes halogenated alkanes) is 3. The van der Waals surface area contributed by atoms with Crippen LogP contribution in [0, 0.1) is 46.3 Å². The number of rotatable bonds is 18. The lowest BCUT2D eigenvalue weighted by atomic mass is 9.43. The van der Waals surface area contributed by atoms with Gasteiger partial charge in [-0.3, -0.25) is 19.2 Å². The van der Waals surface area contributed by atoms with Crippen molar-refractivity contribution >= 4 is 23.9 Å². The van der Waals surface area contributed by atoms with Crippen LogP contribution in [-0.4, -0.2) is 68.4 Å². The lowest BCUT2D eigenvalue weighted by Crippen LogP contribution is -2.63. The van der Waals surface area contributed by atoms with E-state index in [9.17, 15) is 19.2 Å². The SMILES string of the molecule is CCCCCCOC(=O)CCC(C)C1CC[C@H]2[C@@H]3[C@H](OC(=O)CCN)C[C@@H]4C[C@H](OC(=O)CCN)CC[C@]4(C)[C@H]3C[C@H](OC(=O)CCN)[C@]12C. The van der Waals surface area contributed by atoms with Gasteiger partial charge in [-0.25, -0.2) is 0 Å². The molecule has 0 radical (unpaired) electrons. The van der Waals surface area contributed by atoms with Gasteiger partial charge in [-0.1, -0.05) is 47.0 Å². The fourth-order valence-electron chi connectivity index (χ4n) is 10.8. The fourth-order valence-corrected chi connectivity index (χ4v) is 10.8. The molecule has 11 atom stereocenters. The van der Waals surface area contributed by atoms with Crippen LogP contribution in [0.1, 0.15) is 130 Å². The van der Waals surface area contributed by atoms with Gasteiger partial charge in [-0.05, 0) is 92.8 Å². The Morgan fingerprint density at radius 3 is 2.06 bits per heavy atom. The number of nitrogens with two attached hydrogens (primary N) is 3. The van der Waals surface area contributed by atoms with Gasteiger partial charge in [0.2, 0.25) is 0 Å². The van der Waals surface area contributed by atoms with E-state index in [-0.39, 0.29) is 127 Å². The van der Waals surface area contributed by atoms with Gasteiger partial charge in [0, 0.05) is 37.4 Å². The van der Waals surface area contributed by atoms with Crippen LogP contribution < -0.4 is 17.2 Å². The monoisotopic (exact) mass is 705 g/mol. The van der Waals surface area contributed by atoms with Crippen LogP contribution in [0.2, 0.25) is 0 Å². The highest BCUT2D eigenvalue weighted by Gasteiger charge is 2.67. The highest BCUT2D eigenvalue weighted by atomic mass is 16.6. The molecule has 286 valence electrons. The summed E-state index contributed by atoms with van der Waals surface area (Å²) in [5.41, 5.74) is 16.7. The van der Waals surface area contributed by atoms with Crippen LogP contribution in [-0.2, 0) is 38.1 Å². The molecule has 0 aromatic heterocycles. The van der Waals surface area contributed by atoms with Gasteiger partial charge in [0.15, 0.2) is 0 Å². The summed E-state index contributed by atoms with van der Waals surface area (Å²) in [6, 6.07) is 0. The number of hydrogen-bond donors (Lipinski definition) is 3. The quantitative estimate of drug-likeness (QED) is 0.0970. The maximum absolute atomic E-state index is 13.2. The predicted octanol–water partition coefficient (Wildman–Crippen LogP) is 5.19. The number of esters is 4. The van der Waals surface area contributed by atoms with Crippen LogP contribution in [0.25, 0.3) is 0 Å². The number of carbonyl (C=O) groups excluding carboxylic acids is 4. The van der Waals surface area contributed by atoms with E-state index >= 15 is 0 Å². The maximum atomic E-state index is 13.2. The maximum Gasteiger partial charge on any atom is 0.307 e. The molecule has 50 heavy (non-hydrogen) atoms. The molecule has 4 saturated carbocycles. The van der Waals surface area contributed by atoms with Crippen molar-refractivity contribution < 1.29 is 38.1 Å². The minimum atomic E-state index is -0.369. The van der Waals surface area contributed by atoms with E-state index in [0.717, 1.165) is 51.4 Å². The van der Waals surface area contributed by atoms with Crippen molar-refractivity contribution in [1.82, 2.24) is 0 Å². The van der Waals surface area contributed by atoms with Gasteiger partial charge in [-0.15, -0.1) is 0 Å². The molecule has 2 unspecified atom stereocenters. The van der Waals surface area contributed by atoms with E-state index in [0.29, 0.717) is 38.7 Å². The Morgan fingerprint density at radius 1 is 0.740 bits per heavy atom. The first-order chi connectivity index (χ1) is 23.9. The summed E-state index contributed by atoms with van der Waals surface area (Å²) < 4.78 is 24.2. The summed E-state index contributed by atoms with van der Waals surface area (Å²) in [7, 11) is 0. The molecule has 0 saturated heterocycles. The summed E-state index contributed by atoms with van der Waals surface area (Å²) in [5, 5.41) is 0. The lowest BCUT2D eigenvalue weighted by molar-refractivity contribution is -0.225. The molecule has 4 rings (SSSR count). The predicted molar refractivity (Wildman–Crippen MR) is 190 cm³/mol. The zero-order valence-electron chi connectivity index (χ0n) is 31.3. The number of hydrogen-bond acceptors (Lipinski definition) is 11. The molecule has 11 heteroatoms. The zero-order chi connectivity index (χ0) is 36.5. The summed E-state index contributed by atoms with van der Waals surface area (Å²) in [6.45, 7) is 10.2. The van der Waals surface area contributed by atoms with Crippen molar-refractivity contribution in [3.63, 3.8) is 0 Å². The first-order valence-electron chi connectivity index (χ1n) is 19.8. The molecule has 4 fully saturated rings. The molecule has 11 nitrogen and oxygen atoms in total. The van der Waals surface area contributed by atoms with Gasteiger partial charge in [0.1, 0.15) is 18.3 Å². The minimum Gasteiger partial charge on any atom is -0.466 e. The Morgan fingerprint density at radius 2 is 1.40 bits per heavy atom. The molecule has 0 heterocycles. The largest absolute Gasteiger partial charge is 0.466 e. The third-order valence-corrected chi connectivity index (χ3v) is 13.4. The standard InChI is InChI=1S/C39H67N3O8/c1-5-6-7-8-21-47-33(43)12-9-25(2)28-10-11-29-37-30(24-32(39(28,29)4)50-36(46)16-20-42)38(3)17-13-27(48-34(44)14-18-40)22-26(38)23-31(37)49-35(45)15-19-41/h25-32,37H,5-24,40-42H2,1-4H3/t25?,26-,27+,28?,29-,30-,31+,32-,37-,38-,39+/m0/s1. The van der Waals surface area contributed by atoms with Crippen LogP contribution in [0.4, 0.5) is 0 Å². The number of ether oxygens (including phenoxy) is 4. The van der Waals surface area contributed by atoms with Crippen LogP contribution in [0.15, 0.2) is 0 Å². The van der Waals surface area contributed by atoms with Crippen molar-refractivity contribution in [2.24, 2.45) is 63.5 Å². The summed E-state index contributed by atoms with van der Waals surface area (Å²) in [4.78, 5) is 51.4. The van der Waals surface area contributed by atoms with Crippen molar-refractivity contribution in [3.05, 3.63) is 0 Å². The van der Waals surface area contributed by atoms with Gasteiger partial charge >= 0.3 is 23.9 Å². The molecule has 0 aromatic carbocycles. The summed E-state index contributed by atoms with van der Waals surface area (Å²) >= 11 is 0. The first kappa shape index (κ1) is 40.5. The molecule has 4 aliphatic rings. The molecule has 0 spiro atoms. The zero-order valence-corrected chi connectivity index (χ0v) is 31.3. The van der Waals surface area contributed by atoms with Gasteiger partial charge in [0.25, 0.3) is 0 Å². The molecule has 6 N–H and O–H groups in total. The lowest BCUT2D eigenvalue weighted by Gasteiger charge is -2.64. The minimum absolute atomic E-state index is 0.0917. The summed E-state index contributed by atoms with van der Waals surface area (Å²) in [5.74, 6) is -0.00890. The van der Waals surface area contributed by atoms with E-state index in [1.54, 1.807) is 0 Å². The Bertz CT molecular complexity index is 1150.